The quantitative estimate of drug-likeness (QED) is 0.899. The topological polar surface area (TPSA) is 62.6 Å². The van der Waals surface area contributed by atoms with Gasteiger partial charge in [0.1, 0.15) is 5.76 Å². The number of rotatable bonds is 4. The van der Waals surface area contributed by atoms with E-state index in [0.717, 1.165) is 44.7 Å². The molecule has 2 aliphatic heterocycles. The molecule has 0 spiro atoms. The normalized spacial score (nSPS) is 27.9. The van der Waals surface area contributed by atoms with E-state index < -0.39 is 9.84 Å². The predicted octanol–water partition coefficient (Wildman–Crippen LogP) is 1.02. The van der Waals surface area contributed by atoms with Crippen molar-refractivity contribution in [3.05, 3.63) is 24.2 Å². The van der Waals surface area contributed by atoms with Crippen molar-refractivity contribution in [2.45, 2.75) is 37.9 Å². The Labute approximate surface area is 120 Å². The molecule has 5 nitrogen and oxygen atoms in total. The summed E-state index contributed by atoms with van der Waals surface area (Å²) < 4.78 is 28.3. The second-order valence-electron chi connectivity index (χ2n) is 5.90. The van der Waals surface area contributed by atoms with Gasteiger partial charge in [0.25, 0.3) is 0 Å². The first-order valence-corrected chi connectivity index (χ1v) is 9.14. The number of hydrogen-bond acceptors (Lipinski definition) is 5. The van der Waals surface area contributed by atoms with Crippen LogP contribution in [0.2, 0.25) is 0 Å². The Bertz CT molecular complexity index is 519. The molecular weight excluding hydrogens is 276 g/mol. The number of furan rings is 1. The van der Waals surface area contributed by atoms with Crippen molar-refractivity contribution in [2.75, 3.05) is 24.6 Å². The molecule has 0 bridgehead atoms. The Hall–Kier alpha value is -0.850. The van der Waals surface area contributed by atoms with Crippen LogP contribution in [0.3, 0.4) is 0 Å². The minimum absolute atomic E-state index is 0.168. The van der Waals surface area contributed by atoms with Gasteiger partial charge in [0.2, 0.25) is 0 Å². The maximum Gasteiger partial charge on any atom is 0.151 e. The second-order valence-corrected chi connectivity index (χ2v) is 8.13. The van der Waals surface area contributed by atoms with Crippen LogP contribution in [0.1, 0.15) is 25.0 Å². The summed E-state index contributed by atoms with van der Waals surface area (Å²) in [6, 6.07) is 4.56. The summed E-state index contributed by atoms with van der Waals surface area (Å²) in [6.07, 6.45) is 4.65. The summed E-state index contributed by atoms with van der Waals surface area (Å²) in [6.45, 7) is 2.95. The zero-order chi connectivity index (χ0) is 14.0. The molecule has 20 heavy (non-hydrogen) atoms. The van der Waals surface area contributed by atoms with Crippen LogP contribution < -0.4 is 5.32 Å². The fraction of sp³-hybridized carbons (Fsp3) is 0.714. The Morgan fingerprint density at radius 1 is 1.25 bits per heavy atom. The van der Waals surface area contributed by atoms with Gasteiger partial charge in [-0.05, 0) is 31.4 Å². The zero-order valence-corrected chi connectivity index (χ0v) is 12.4. The molecule has 1 aromatic heterocycles. The van der Waals surface area contributed by atoms with Gasteiger partial charge in [-0.1, -0.05) is 0 Å². The van der Waals surface area contributed by atoms with Gasteiger partial charge in [0.15, 0.2) is 9.84 Å². The maximum atomic E-state index is 11.5. The van der Waals surface area contributed by atoms with Crippen LogP contribution >= 0.6 is 0 Å². The van der Waals surface area contributed by atoms with Crippen LogP contribution in [-0.4, -0.2) is 50.0 Å². The number of piperidine rings is 1. The van der Waals surface area contributed by atoms with Gasteiger partial charge in [-0.15, -0.1) is 0 Å². The average molecular weight is 298 g/mol. The minimum atomic E-state index is -2.78. The molecular formula is C14H22N2O3S. The summed E-state index contributed by atoms with van der Waals surface area (Å²) in [4.78, 5) is 2.39. The van der Waals surface area contributed by atoms with Crippen molar-refractivity contribution < 1.29 is 12.8 Å². The monoisotopic (exact) mass is 298 g/mol. The van der Waals surface area contributed by atoms with Crippen molar-refractivity contribution in [3.8, 4) is 0 Å². The average Bonchev–Trinajstić information content (AvgIpc) is 3.02. The minimum Gasteiger partial charge on any atom is -0.468 e. The van der Waals surface area contributed by atoms with Gasteiger partial charge in [0, 0.05) is 25.2 Å². The molecule has 3 heterocycles. The lowest BCUT2D eigenvalue weighted by Crippen LogP contribution is -2.46. The van der Waals surface area contributed by atoms with Crippen molar-refractivity contribution >= 4 is 9.84 Å². The van der Waals surface area contributed by atoms with Crippen LogP contribution in [0.25, 0.3) is 0 Å². The van der Waals surface area contributed by atoms with Crippen molar-refractivity contribution in [1.82, 2.24) is 10.2 Å². The summed E-state index contributed by atoms with van der Waals surface area (Å²) in [5, 5.41) is 3.52. The van der Waals surface area contributed by atoms with Crippen molar-refractivity contribution in [3.63, 3.8) is 0 Å². The molecule has 6 heteroatoms. The summed E-state index contributed by atoms with van der Waals surface area (Å²) in [5.74, 6) is 1.68. The number of hydrogen-bond donors (Lipinski definition) is 1. The highest BCUT2D eigenvalue weighted by Gasteiger charge is 2.30. The van der Waals surface area contributed by atoms with E-state index >= 15 is 0 Å². The third-order valence-corrected chi connectivity index (χ3v) is 6.02. The predicted molar refractivity (Wildman–Crippen MR) is 77.2 cm³/mol. The highest BCUT2D eigenvalue weighted by atomic mass is 32.2. The molecule has 0 aliphatic carbocycles. The molecule has 2 aliphatic rings. The molecule has 0 amide bonds. The Balaban J connectivity index is 1.42. The van der Waals surface area contributed by atoms with Crippen LogP contribution in [0.4, 0.5) is 0 Å². The zero-order valence-electron chi connectivity index (χ0n) is 11.6. The Morgan fingerprint density at radius 3 is 2.65 bits per heavy atom. The molecule has 0 aromatic carbocycles. The largest absolute Gasteiger partial charge is 0.468 e. The van der Waals surface area contributed by atoms with E-state index in [1.807, 2.05) is 12.1 Å². The van der Waals surface area contributed by atoms with Crippen LogP contribution in [0.15, 0.2) is 22.8 Å². The third-order valence-electron chi connectivity index (χ3n) is 4.25. The summed E-state index contributed by atoms with van der Waals surface area (Å²) >= 11 is 0. The Kier molecular flexibility index (Phi) is 4.14. The van der Waals surface area contributed by atoms with Crippen LogP contribution in [0.5, 0.6) is 0 Å². The van der Waals surface area contributed by atoms with Gasteiger partial charge in [-0.25, -0.2) is 8.42 Å². The van der Waals surface area contributed by atoms with Crippen molar-refractivity contribution in [1.29, 1.82) is 0 Å². The van der Waals surface area contributed by atoms with Crippen LogP contribution in [-0.2, 0) is 16.4 Å². The van der Waals surface area contributed by atoms with E-state index in [1.165, 1.54) is 0 Å². The molecule has 3 rings (SSSR count). The molecule has 1 aromatic rings. The second kappa shape index (κ2) is 5.87. The first kappa shape index (κ1) is 14.1. The number of nitrogens with one attached hydrogen (secondary N) is 1. The van der Waals surface area contributed by atoms with Crippen molar-refractivity contribution in [2.24, 2.45) is 0 Å². The highest BCUT2D eigenvalue weighted by molar-refractivity contribution is 7.91. The molecule has 2 saturated heterocycles. The summed E-state index contributed by atoms with van der Waals surface area (Å²) in [5.41, 5.74) is 0. The molecule has 0 unspecified atom stereocenters. The standard InChI is InChI=1S/C14H22N2O3S/c17-20(18)9-5-13(11-20)15-12-3-6-16(7-4-12)10-14-2-1-8-19-14/h1-2,8,12-13,15H,3-7,9-11H2/t13-/m1/s1. The lowest BCUT2D eigenvalue weighted by molar-refractivity contribution is 0.174. The molecule has 1 atom stereocenters. The number of nitrogens with zero attached hydrogens (tertiary/aromatic N) is 1. The molecule has 0 saturated carbocycles. The Morgan fingerprint density at radius 2 is 2.05 bits per heavy atom. The number of likely N-dealkylation sites (tertiary alicyclic amines) is 1. The highest BCUT2D eigenvalue weighted by Crippen LogP contribution is 2.17. The van der Waals surface area contributed by atoms with E-state index in [1.54, 1.807) is 6.26 Å². The fourth-order valence-corrected chi connectivity index (χ4v) is 4.83. The van der Waals surface area contributed by atoms with E-state index in [2.05, 4.69) is 10.2 Å². The lowest BCUT2D eigenvalue weighted by atomic mass is 10.0. The van der Waals surface area contributed by atoms with Crippen LogP contribution in [0, 0.1) is 0 Å². The molecule has 1 N–H and O–H groups in total. The third kappa shape index (κ3) is 3.62. The molecule has 2 fully saturated rings. The van der Waals surface area contributed by atoms with Gasteiger partial charge < -0.3 is 9.73 Å². The van der Waals surface area contributed by atoms with E-state index in [0.29, 0.717) is 17.5 Å². The van der Waals surface area contributed by atoms with Gasteiger partial charge >= 0.3 is 0 Å². The van der Waals surface area contributed by atoms with E-state index in [9.17, 15) is 8.42 Å². The maximum absolute atomic E-state index is 11.5. The lowest BCUT2D eigenvalue weighted by Gasteiger charge is -2.33. The van der Waals surface area contributed by atoms with E-state index in [-0.39, 0.29) is 6.04 Å². The number of sulfone groups is 1. The first-order valence-electron chi connectivity index (χ1n) is 7.32. The van der Waals surface area contributed by atoms with E-state index in [4.69, 9.17) is 4.42 Å². The first-order chi connectivity index (χ1) is 9.61. The molecule has 0 radical (unpaired) electrons. The van der Waals surface area contributed by atoms with Gasteiger partial charge in [-0.2, -0.15) is 0 Å². The smallest absolute Gasteiger partial charge is 0.151 e. The fourth-order valence-electron chi connectivity index (χ4n) is 3.14. The SMILES string of the molecule is O=S1(=O)CC[C@@H](NC2CCN(Cc3ccco3)CC2)C1. The van der Waals surface area contributed by atoms with Gasteiger partial charge in [0.05, 0.1) is 24.3 Å². The summed E-state index contributed by atoms with van der Waals surface area (Å²) in [7, 11) is -2.78. The molecule has 112 valence electrons. The van der Waals surface area contributed by atoms with Gasteiger partial charge in [-0.3, -0.25) is 4.90 Å².